The highest BCUT2D eigenvalue weighted by Gasteiger charge is 2.26. The Morgan fingerprint density at radius 1 is 0.926 bits per heavy atom. The van der Waals surface area contributed by atoms with Crippen molar-refractivity contribution in [2.24, 2.45) is 0 Å². The monoisotopic (exact) mass is 367 g/mol. The van der Waals surface area contributed by atoms with Gasteiger partial charge in [-0.15, -0.1) is 15.3 Å². The summed E-state index contributed by atoms with van der Waals surface area (Å²) in [6.45, 7) is 1.85. The second-order valence-electron chi connectivity index (χ2n) is 7.30. The first-order valence-corrected chi connectivity index (χ1v) is 9.17. The van der Waals surface area contributed by atoms with E-state index in [0.717, 1.165) is 54.9 Å². The molecule has 0 aromatic carbocycles. The van der Waals surface area contributed by atoms with Crippen molar-refractivity contribution >= 4 is 23.1 Å². The quantitative estimate of drug-likeness (QED) is 0.685. The highest BCUT2D eigenvalue weighted by molar-refractivity contribution is 5.50. The minimum Gasteiger partial charge on any atom is -0.363 e. The zero-order valence-electron chi connectivity index (χ0n) is 16.2. The number of aromatic nitrogens is 6. The summed E-state index contributed by atoms with van der Waals surface area (Å²) in [7, 11) is 7.95. The summed E-state index contributed by atoms with van der Waals surface area (Å²) in [4.78, 5) is 15.0. The summed E-state index contributed by atoms with van der Waals surface area (Å²) in [5, 5.41) is 13.4. The van der Waals surface area contributed by atoms with Gasteiger partial charge in [-0.05, 0) is 25.0 Å². The Bertz CT molecular complexity index is 925. The number of nitrogens with zero attached hydrogens (tertiary/aromatic N) is 9. The first-order chi connectivity index (χ1) is 13.0. The van der Waals surface area contributed by atoms with Crippen LogP contribution < -0.4 is 14.7 Å². The third-order valence-electron chi connectivity index (χ3n) is 5.01. The van der Waals surface area contributed by atoms with Gasteiger partial charge in [0.1, 0.15) is 23.8 Å². The molecule has 0 aliphatic carbocycles. The summed E-state index contributed by atoms with van der Waals surface area (Å²) in [6.07, 6.45) is 3.63. The van der Waals surface area contributed by atoms with Crippen molar-refractivity contribution in [1.82, 2.24) is 29.8 Å². The molecule has 0 saturated carbocycles. The molecule has 0 spiro atoms. The summed E-state index contributed by atoms with van der Waals surface area (Å²) < 4.78 is 1.89. The van der Waals surface area contributed by atoms with Gasteiger partial charge in [-0.1, -0.05) is 0 Å². The Labute approximate surface area is 158 Å². The Balaban J connectivity index is 1.52. The Kier molecular flexibility index (Phi) is 4.51. The summed E-state index contributed by atoms with van der Waals surface area (Å²) >= 11 is 0. The minimum absolute atomic E-state index is 0.344. The van der Waals surface area contributed by atoms with Crippen LogP contribution >= 0.6 is 0 Å². The first-order valence-electron chi connectivity index (χ1n) is 9.17. The Morgan fingerprint density at radius 2 is 1.67 bits per heavy atom. The predicted octanol–water partition coefficient (Wildman–Crippen LogP) is 1.43. The van der Waals surface area contributed by atoms with Crippen molar-refractivity contribution in [3.05, 3.63) is 30.4 Å². The van der Waals surface area contributed by atoms with E-state index < -0.39 is 0 Å². The van der Waals surface area contributed by atoms with Crippen molar-refractivity contribution < 1.29 is 0 Å². The Morgan fingerprint density at radius 3 is 2.37 bits per heavy atom. The van der Waals surface area contributed by atoms with Crippen LogP contribution in [-0.4, -0.2) is 71.1 Å². The molecule has 4 rings (SSSR count). The highest BCUT2D eigenvalue weighted by Crippen LogP contribution is 2.29. The molecular weight excluding hydrogens is 342 g/mol. The molecule has 3 aromatic rings. The summed E-state index contributed by atoms with van der Waals surface area (Å²) in [5.41, 5.74) is 0.796. The van der Waals surface area contributed by atoms with Gasteiger partial charge in [0.15, 0.2) is 11.5 Å². The fourth-order valence-electron chi connectivity index (χ4n) is 3.41. The molecule has 9 heteroatoms. The maximum atomic E-state index is 4.70. The van der Waals surface area contributed by atoms with E-state index in [4.69, 9.17) is 5.10 Å². The van der Waals surface area contributed by atoms with Gasteiger partial charge >= 0.3 is 0 Å². The number of piperidine rings is 1. The molecule has 27 heavy (non-hydrogen) atoms. The fourth-order valence-corrected chi connectivity index (χ4v) is 3.41. The van der Waals surface area contributed by atoms with E-state index in [1.165, 1.54) is 0 Å². The van der Waals surface area contributed by atoms with E-state index >= 15 is 0 Å². The molecule has 1 saturated heterocycles. The van der Waals surface area contributed by atoms with Gasteiger partial charge in [0.25, 0.3) is 0 Å². The topological polar surface area (TPSA) is 78.6 Å². The van der Waals surface area contributed by atoms with E-state index in [1.54, 1.807) is 6.33 Å². The second-order valence-corrected chi connectivity index (χ2v) is 7.30. The molecule has 0 N–H and O–H groups in total. The molecular formula is C18H25N9. The van der Waals surface area contributed by atoms with Gasteiger partial charge in [-0.25, -0.2) is 9.97 Å². The molecule has 1 aliphatic rings. The highest BCUT2D eigenvalue weighted by atomic mass is 15.4. The van der Waals surface area contributed by atoms with Crippen LogP contribution in [0.25, 0.3) is 5.65 Å². The molecule has 1 aliphatic heterocycles. The normalized spacial score (nSPS) is 15.3. The lowest BCUT2D eigenvalue weighted by atomic mass is 9.96. The molecule has 0 radical (unpaired) electrons. The van der Waals surface area contributed by atoms with E-state index in [-0.39, 0.29) is 0 Å². The molecule has 4 heterocycles. The first kappa shape index (κ1) is 17.4. The SMILES string of the molecule is CN(C)c1cc(N2CCC(c3nnc4ccc(N(C)C)nn34)CC2)ncn1. The second kappa shape index (κ2) is 6.98. The van der Waals surface area contributed by atoms with Crippen molar-refractivity contribution in [2.45, 2.75) is 18.8 Å². The van der Waals surface area contributed by atoms with Crippen LogP contribution in [0.5, 0.6) is 0 Å². The van der Waals surface area contributed by atoms with Gasteiger partial charge in [0.05, 0.1) is 0 Å². The van der Waals surface area contributed by atoms with Crippen LogP contribution in [-0.2, 0) is 0 Å². The Hall–Kier alpha value is -2.97. The number of hydrogen-bond donors (Lipinski definition) is 0. The van der Waals surface area contributed by atoms with Gasteiger partial charge in [-0.2, -0.15) is 4.52 Å². The van der Waals surface area contributed by atoms with Crippen LogP contribution in [0.15, 0.2) is 24.5 Å². The third kappa shape index (κ3) is 3.36. The molecule has 142 valence electrons. The van der Waals surface area contributed by atoms with Crippen molar-refractivity contribution in [1.29, 1.82) is 0 Å². The van der Waals surface area contributed by atoms with Crippen molar-refractivity contribution in [3.8, 4) is 0 Å². The fraction of sp³-hybridized carbons (Fsp3) is 0.500. The van der Waals surface area contributed by atoms with Crippen LogP contribution in [0.2, 0.25) is 0 Å². The van der Waals surface area contributed by atoms with E-state index in [1.807, 2.05) is 60.7 Å². The number of hydrogen-bond acceptors (Lipinski definition) is 8. The molecule has 0 unspecified atom stereocenters. The zero-order chi connectivity index (χ0) is 19.0. The van der Waals surface area contributed by atoms with Crippen molar-refractivity contribution in [2.75, 3.05) is 56.0 Å². The van der Waals surface area contributed by atoms with Crippen molar-refractivity contribution in [3.63, 3.8) is 0 Å². The maximum Gasteiger partial charge on any atom is 0.178 e. The largest absolute Gasteiger partial charge is 0.363 e. The summed E-state index contributed by atoms with van der Waals surface area (Å²) in [5.74, 6) is 4.09. The molecule has 0 atom stereocenters. The minimum atomic E-state index is 0.344. The number of anilines is 3. The number of rotatable bonds is 4. The van der Waals surface area contributed by atoms with Gasteiger partial charge in [0.2, 0.25) is 0 Å². The smallest absolute Gasteiger partial charge is 0.178 e. The standard InChI is InChI=1S/C18H25N9/c1-24(2)15-6-5-14-21-22-18(27(14)23-15)13-7-9-26(10-8-13)17-11-16(25(3)4)19-12-20-17/h5-6,11-13H,7-10H2,1-4H3. The van der Waals surface area contributed by atoms with Crippen LogP contribution in [0.3, 0.4) is 0 Å². The van der Waals surface area contributed by atoms with E-state index in [9.17, 15) is 0 Å². The molecule has 1 fully saturated rings. The lowest BCUT2D eigenvalue weighted by molar-refractivity contribution is 0.475. The van der Waals surface area contributed by atoms with Crippen LogP contribution in [0, 0.1) is 0 Å². The van der Waals surface area contributed by atoms with Crippen LogP contribution in [0.4, 0.5) is 17.5 Å². The average Bonchev–Trinajstić information content (AvgIpc) is 3.11. The maximum absolute atomic E-state index is 4.70. The average molecular weight is 367 g/mol. The van der Waals surface area contributed by atoms with E-state index in [2.05, 4.69) is 25.1 Å². The van der Waals surface area contributed by atoms with Gasteiger partial charge in [-0.3, -0.25) is 0 Å². The van der Waals surface area contributed by atoms with Gasteiger partial charge in [0, 0.05) is 53.3 Å². The van der Waals surface area contributed by atoms with Crippen LogP contribution in [0.1, 0.15) is 24.6 Å². The third-order valence-corrected chi connectivity index (χ3v) is 5.01. The number of fused-ring (bicyclic) bond motifs is 1. The molecule has 9 nitrogen and oxygen atoms in total. The molecule has 0 amide bonds. The molecule has 3 aromatic heterocycles. The zero-order valence-corrected chi connectivity index (χ0v) is 16.2. The van der Waals surface area contributed by atoms with Gasteiger partial charge < -0.3 is 14.7 Å². The van der Waals surface area contributed by atoms with E-state index in [0.29, 0.717) is 5.92 Å². The molecule has 0 bridgehead atoms. The lowest BCUT2D eigenvalue weighted by Crippen LogP contribution is -2.34. The summed E-state index contributed by atoms with van der Waals surface area (Å²) in [6, 6.07) is 5.98. The lowest BCUT2D eigenvalue weighted by Gasteiger charge is -2.32. The predicted molar refractivity (Wildman–Crippen MR) is 106 cm³/mol.